The number of aliphatic hydroxyl groups is 1. The monoisotopic (exact) mass is 991 g/mol. The Bertz CT molecular complexity index is 2600. The van der Waals surface area contributed by atoms with Crippen molar-refractivity contribution in [3.63, 3.8) is 0 Å². The average Bonchev–Trinajstić information content (AvgIpc) is 3.89. The SMILES string of the molecule is CC(=O)Cc1ccc(CO)c(F)c1.CCc1ccc(CC(=O)CCc2cc(C(F)(F)F)nn2-c2cccc(Cl)c2OC)cc1F.COc1c(Cl)cccc1-n1nc(C(F)(F)F)cc1CN.Cl. The number of carbonyl (C=O) groups excluding carboxylic acids is 2. The molecule has 0 aliphatic rings. The summed E-state index contributed by atoms with van der Waals surface area (Å²) in [4.78, 5) is 23.2. The molecule has 2 aromatic heterocycles. The first kappa shape index (κ1) is 54.8. The maximum absolute atomic E-state index is 14.0. The van der Waals surface area contributed by atoms with Crippen LogP contribution in [0.25, 0.3) is 11.4 Å². The minimum Gasteiger partial charge on any atom is -0.493 e. The maximum atomic E-state index is 14.0. The zero-order chi connectivity index (χ0) is 48.2. The average molecular weight is 993 g/mol. The Morgan fingerprint density at radius 3 is 1.58 bits per heavy atom. The molecule has 6 aromatic rings. The predicted octanol–water partition coefficient (Wildman–Crippen LogP) is 10.9. The van der Waals surface area contributed by atoms with Crippen LogP contribution in [0.3, 0.4) is 0 Å². The van der Waals surface area contributed by atoms with Gasteiger partial charge in [-0.15, -0.1) is 12.4 Å². The number of para-hydroxylation sites is 2. The number of rotatable bonds is 14. The van der Waals surface area contributed by atoms with E-state index < -0.39 is 29.6 Å². The van der Waals surface area contributed by atoms with E-state index in [0.717, 1.165) is 21.5 Å². The molecule has 21 heteroatoms. The third-order valence-corrected chi connectivity index (χ3v) is 10.0. The fraction of sp³-hybridized carbons (Fsp3) is 0.289. The van der Waals surface area contributed by atoms with Crippen molar-refractivity contribution < 1.29 is 59.3 Å². The van der Waals surface area contributed by atoms with Crippen molar-refractivity contribution in [2.75, 3.05) is 14.2 Å². The number of nitrogens with zero attached hydrogens (tertiary/aromatic N) is 4. The van der Waals surface area contributed by atoms with Crippen molar-refractivity contribution in [2.24, 2.45) is 5.73 Å². The Labute approximate surface area is 390 Å². The van der Waals surface area contributed by atoms with Crippen LogP contribution in [0, 0.1) is 11.6 Å². The van der Waals surface area contributed by atoms with E-state index in [2.05, 4.69) is 10.2 Å². The molecule has 2 heterocycles. The second-order valence-corrected chi connectivity index (χ2v) is 14.9. The highest BCUT2D eigenvalue weighted by molar-refractivity contribution is 6.32. The quantitative estimate of drug-likeness (QED) is 0.103. The first-order valence-electron chi connectivity index (χ1n) is 19.5. The van der Waals surface area contributed by atoms with Gasteiger partial charge in [0, 0.05) is 37.1 Å². The van der Waals surface area contributed by atoms with E-state index in [1.165, 1.54) is 45.4 Å². The van der Waals surface area contributed by atoms with Crippen LogP contribution in [0.4, 0.5) is 35.1 Å². The van der Waals surface area contributed by atoms with Gasteiger partial charge in [0.1, 0.15) is 34.6 Å². The molecule has 66 heavy (non-hydrogen) atoms. The Kier molecular flexibility index (Phi) is 20.2. The molecule has 0 unspecified atom stereocenters. The molecule has 0 saturated heterocycles. The van der Waals surface area contributed by atoms with Crippen molar-refractivity contribution in [2.45, 2.75) is 71.5 Å². The summed E-state index contributed by atoms with van der Waals surface area (Å²) < 4.78 is 118. The molecule has 0 saturated carbocycles. The minimum atomic E-state index is -4.66. The van der Waals surface area contributed by atoms with Crippen molar-refractivity contribution in [3.05, 3.63) is 152 Å². The minimum absolute atomic E-state index is 0. The second-order valence-electron chi connectivity index (χ2n) is 14.1. The van der Waals surface area contributed by atoms with Crippen LogP contribution in [0.5, 0.6) is 11.5 Å². The Hall–Kier alpha value is -5.53. The van der Waals surface area contributed by atoms with Crippen LogP contribution in [-0.2, 0) is 60.8 Å². The Balaban J connectivity index is 0.000000289. The van der Waals surface area contributed by atoms with E-state index in [0.29, 0.717) is 28.8 Å². The lowest BCUT2D eigenvalue weighted by Gasteiger charge is -2.13. The molecule has 356 valence electrons. The number of methoxy groups -OCH3 is 2. The number of ether oxygens (including phenoxy) is 2. The number of Topliss-reactive ketones (excluding diaryl/α,β-unsaturated/α-hetero) is 2. The van der Waals surface area contributed by atoms with E-state index >= 15 is 0 Å². The van der Waals surface area contributed by atoms with Crippen LogP contribution < -0.4 is 15.2 Å². The summed E-state index contributed by atoms with van der Waals surface area (Å²) in [7, 11) is 2.73. The van der Waals surface area contributed by atoms with Crippen molar-refractivity contribution in [3.8, 4) is 22.9 Å². The lowest BCUT2D eigenvalue weighted by Crippen LogP contribution is -2.10. The summed E-state index contributed by atoms with van der Waals surface area (Å²) in [5, 5.41) is 16.4. The number of carbonyl (C=O) groups is 2. The molecule has 0 fully saturated rings. The molecular formula is C45H44Cl3F8N5O5. The maximum Gasteiger partial charge on any atom is 0.435 e. The summed E-state index contributed by atoms with van der Waals surface area (Å²) in [6.07, 6.45) is -8.46. The van der Waals surface area contributed by atoms with Crippen molar-refractivity contribution >= 4 is 47.2 Å². The van der Waals surface area contributed by atoms with Gasteiger partial charge < -0.3 is 20.3 Å². The number of hydrogen-bond acceptors (Lipinski definition) is 8. The fourth-order valence-corrected chi connectivity index (χ4v) is 6.77. The van der Waals surface area contributed by atoms with Gasteiger partial charge >= 0.3 is 12.4 Å². The Morgan fingerprint density at radius 1 is 0.712 bits per heavy atom. The van der Waals surface area contributed by atoms with Crippen LogP contribution in [-0.4, -0.2) is 50.5 Å². The van der Waals surface area contributed by atoms with Crippen molar-refractivity contribution in [1.29, 1.82) is 0 Å². The first-order valence-corrected chi connectivity index (χ1v) is 20.3. The topological polar surface area (TPSA) is 134 Å². The summed E-state index contributed by atoms with van der Waals surface area (Å²) >= 11 is 12.1. The number of aryl methyl sites for hydroxylation is 2. The summed E-state index contributed by atoms with van der Waals surface area (Å²) in [5.41, 5.74) is 6.27. The highest BCUT2D eigenvalue weighted by atomic mass is 35.5. The number of alkyl halides is 6. The number of benzene rings is 4. The number of halogens is 11. The first-order chi connectivity index (χ1) is 30.6. The van der Waals surface area contributed by atoms with Gasteiger partial charge in [0.2, 0.25) is 0 Å². The van der Waals surface area contributed by atoms with E-state index in [4.69, 9.17) is 43.5 Å². The number of hydrogen-bond donors (Lipinski definition) is 2. The summed E-state index contributed by atoms with van der Waals surface area (Å²) in [6.45, 7) is 2.87. The predicted molar refractivity (Wildman–Crippen MR) is 235 cm³/mol. The zero-order valence-electron chi connectivity index (χ0n) is 35.7. The van der Waals surface area contributed by atoms with Crippen LogP contribution >= 0.6 is 35.6 Å². The van der Waals surface area contributed by atoms with Crippen molar-refractivity contribution in [1.82, 2.24) is 19.6 Å². The lowest BCUT2D eigenvalue weighted by molar-refractivity contribution is -0.142. The second kappa shape index (κ2) is 24.3. The van der Waals surface area contributed by atoms with E-state index in [9.17, 15) is 44.7 Å². The van der Waals surface area contributed by atoms with Gasteiger partial charge in [-0.2, -0.15) is 36.5 Å². The highest BCUT2D eigenvalue weighted by Crippen LogP contribution is 2.36. The summed E-state index contributed by atoms with van der Waals surface area (Å²) in [5.74, 6) is -0.657. The molecule has 0 spiro atoms. The molecule has 0 atom stereocenters. The van der Waals surface area contributed by atoms with Crippen LogP contribution in [0.15, 0.2) is 84.9 Å². The smallest absolute Gasteiger partial charge is 0.435 e. The highest BCUT2D eigenvalue weighted by Gasteiger charge is 2.36. The standard InChI is InChI=1S/C23H21ClF4N2O2.C12H11ClF3N3O.C10H11FO2.ClH/c1-3-15-8-7-14(12-19(15)25)11-17(31)10-9-16-13-21(23(26,27)28)29-30(16)20-6-4-5-18(24)22(20)32-2;1-20-11-8(13)3-2-4-9(11)19-7(6-17)5-10(18-19)12(14,15)16;1-7(13)4-8-2-3-9(6-12)10(11)5-8;/h4-8,12-13H,3,9-11H2,1-2H3;2-5H,6,17H2,1H3;2-3,5,12H,4,6H2,1H3;1H. The van der Waals surface area contributed by atoms with Crippen LogP contribution in [0.1, 0.15) is 65.3 Å². The van der Waals surface area contributed by atoms with Gasteiger partial charge in [0.15, 0.2) is 22.9 Å². The summed E-state index contributed by atoms with van der Waals surface area (Å²) in [6, 6.07) is 20.2. The molecule has 10 nitrogen and oxygen atoms in total. The van der Waals surface area contributed by atoms with Gasteiger partial charge in [-0.1, -0.05) is 66.5 Å². The molecule has 0 radical (unpaired) electrons. The largest absolute Gasteiger partial charge is 0.493 e. The molecule has 0 bridgehead atoms. The third-order valence-electron chi connectivity index (χ3n) is 9.41. The third kappa shape index (κ3) is 14.5. The zero-order valence-corrected chi connectivity index (χ0v) is 38.0. The molecular weight excluding hydrogens is 949 g/mol. The number of ketones is 2. The van der Waals surface area contributed by atoms with Gasteiger partial charge in [-0.25, -0.2) is 18.1 Å². The molecule has 0 amide bonds. The molecule has 0 aliphatic heterocycles. The van der Waals surface area contributed by atoms with E-state index in [1.54, 1.807) is 48.5 Å². The fourth-order valence-electron chi connectivity index (χ4n) is 6.28. The normalized spacial score (nSPS) is 11.2. The molecule has 3 N–H and O–H groups in total. The molecule has 0 aliphatic carbocycles. The lowest BCUT2D eigenvalue weighted by atomic mass is 10.0. The number of nitrogens with two attached hydrogens (primary N) is 1. The number of aliphatic hydroxyl groups excluding tert-OH is 1. The molecule has 6 rings (SSSR count). The molecule has 4 aromatic carbocycles. The van der Waals surface area contributed by atoms with Gasteiger partial charge in [-0.3, -0.25) is 9.59 Å². The number of aromatic nitrogens is 4. The van der Waals surface area contributed by atoms with Crippen LogP contribution in [0.2, 0.25) is 10.0 Å². The van der Waals surface area contributed by atoms with E-state index in [1.807, 2.05) is 6.92 Å². The Morgan fingerprint density at radius 2 is 1.17 bits per heavy atom. The van der Waals surface area contributed by atoms with Gasteiger partial charge in [0.05, 0.1) is 36.6 Å². The van der Waals surface area contributed by atoms with Gasteiger partial charge in [0.25, 0.3) is 0 Å². The van der Waals surface area contributed by atoms with Gasteiger partial charge in [-0.05, 0) is 85.0 Å². The van der Waals surface area contributed by atoms with E-state index in [-0.39, 0.29) is 113 Å².